The van der Waals surface area contributed by atoms with Crippen molar-refractivity contribution in [3.63, 3.8) is 0 Å². The molecule has 0 aromatic heterocycles. The molecule has 1 aromatic carbocycles. The van der Waals surface area contributed by atoms with Gasteiger partial charge in [0.05, 0.1) is 20.8 Å². The van der Waals surface area contributed by atoms with Gasteiger partial charge in [0, 0.05) is 19.6 Å². The van der Waals surface area contributed by atoms with E-state index in [0.29, 0.717) is 12.5 Å². The minimum atomic E-state index is 0. The second kappa shape index (κ2) is 11.4. The number of aliphatic imine (C=N–C) groups is 1. The third-order valence-electron chi connectivity index (χ3n) is 4.26. The number of ether oxygens (including phenoxy) is 2. The highest BCUT2D eigenvalue weighted by Gasteiger charge is 2.19. The van der Waals surface area contributed by atoms with E-state index in [4.69, 9.17) is 9.47 Å². The minimum Gasteiger partial charge on any atom is -0.493 e. The zero-order valence-corrected chi connectivity index (χ0v) is 18.0. The van der Waals surface area contributed by atoms with Crippen LogP contribution in [0, 0.1) is 5.92 Å². The van der Waals surface area contributed by atoms with Crippen LogP contribution in [0.5, 0.6) is 11.5 Å². The quantitative estimate of drug-likeness (QED) is 0.370. The van der Waals surface area contributed by atoms with Gasteiger partial charge in [0.25, 0.3) is 0 Å². The summed E-state index contributed by atoms with van der Waals surface area (Å²) in [4.78, 5) is 7.05. The van der Waals surface area contributed by atoms with Crippen LogP contribution in [0.1, 0.15) is 18.9 Å². The van der Waals surface area contributed by atoms with Gasteiger partial charge in [0.15, 0.2) is 17.5 Å². The Bertz CT molecular complexity index is 554. The summed E-state index contributed by atoms with van der Waals surface area (Å²) in [6, 6.07) is 5.90. The van der Waals surface area contributed by atoms with E-state index in [1.165, 1.54) is 13.0 Å². The van der Waals surface area contributed by atoms with Crippen LogP contribution in [0.4, 0.5) is 0 Å². The molecule has 6 nitrogen and oxygen atoms in total. The van der Waals surface area contributed by atoms with Gasteiger partial charge in [-0.3, -0.25) is 0 Å². The molecule has 1 heterocycles. The van der Waals surface area contributed by atoms with Crippen molar-refractivity contribution in [2.75, 3.05) is 47.4 Å². The summed E-state index contributed by atoms with van der Waals surface area (Å²) in [6.45, 7) is 6.83. The minimum absolute atomic E-state index is 0. The topological polar surface area (TPSA) is 58.1 Å². The predicted molar refractivity (Wildman–Crippen MR) is 113 cm³/mol. The molecule has 1 aliphatic heterocycles. The van der Waals surface area contributed by atoms with Crippen molar-refractivity contribution in [3.8, 4) is 11.5 Å². The standard InChI is InChI=1S/C18H30N4O2.HI/c1-5-19-18(21-12-15-8-9-22(2)13-15)20-11-14-6-7-16(23-3)17(10-14)24-4;/h6-7,10,15H,5,8-9,11-13H2,1-4H3,(H2,19,20,21);1H. The van der Waals surface area contributed by atoms with Gasteiger partial charge in [-0.15, -0.1) is 24.0 Å². The van der Waals surface area contributed by atoms with Gasteiger partial charge in [-0.2, -0.15) is 0 Å². The van der Waals surface area contributed by atoms with Gasteiger partial charge >= 0.3 is 0 Å². The number of benzene rings is 1. The van der Waals surface area contributed by atoms with E-state index in [1.54, 1.807) is 14.2 Å². The average molecular weight is 462 g/mol. The van der Waals surface area contributed by atoms with E-state index in [-0.39, 0.29) is 24.0 Å². The molecular formula is C18H31IN4O2. The third kappa shape index (κ3) is 6.89. The van der Waals surface area contributed by atoms with Crippen LogP contribution in [0.25, 0.3) is 0 Å². The monoisotopic (exact) mass is 462 g/mol. The predicted octanol–water partition coefficient (Wildman–Crippen LogP) is 2.33. The fraction of sp³-hybridized carbons (Fsp3) is 0.611. The molecule has 142 valence electrons. The van der Waals surface area contributed by atoms with Gasteiger partial charge in [-0.05, 0) is 50.6 Å². The van der Waals surface area contributed by atoms with E-state index in [0.717, 1.165) is 42.7 Å². The van der Waals surface area contributed by atoms with Crippen LogP contribution in [0.15, 0.2) is 23.2 Å². The van der Waals surface area contributed by atoms with Crippen molar-refractivity contribution in [1.29, 1.82) is 0 Å². The van der Waals surface area contributed by atoms with Crippen molar-refractivity contribution in [3.05, 3.63) is 23.8 Å². The Kier molecular flexibility index (Phi) is 9.96. The molecule has 0 saturated carbocycles. The third-order valence-corrected chi connectivity index (χ3v) is 4.26. The van der Waals surface area contributed by atoms with Crippen LogP contribution in [-0.2, 0) is 6.54 Å². The molecule has 1 atom stereocenters. The Balaban J connectivity index is 0.00000312. The highest BCUT2D eigenvalue weighted by Crippen LogP contribution is 2.27. The second-order valence-electron chi connectivity index (χ2n) is 6.18. The van der Waals surface area contributed by atoms with E-state index in [1.807, 2.05) is 18.2 Å². The first-order valence-electron chi connectivity index (χ1n) is 8.57. The van der Waals surface area contributed by atoms with Crippen LogP contribution in [-0.4, -0.2) is 58.3 Å². The number of likely N-dealkylation sites (tertiary alicyclic amines) is 1. The van der Waals surface area contributed by atoms with Crippen molar-refractivity contribution in [2.24, 2.45) is 10.9 Å². The zero-order valence-electron chi connectivity index (χ0n) is 15.7. The Morgan fingerprint density at radius 1 is 1.24 bits per heavy atom. The number of halogens is 1. The van der Waals surface area contributed by atoms with Crippen molar-refractivity contribution < 1.29 is 9.47 Å². The van der Waals surface area contributed by atoms with Gasteiger partial charge in [0.1, 0.15) is 0 Å². The number of rotatable bonds is 7. The first-order chi connectivity index (χ1) is 11.7. The molecule has 7 heteroatoms. The molecule has 0 aliphatic carbocycles. The maximum absolute atomic E-state index is 5.35. The summed E-state index contributed by atoms with van der Waals surface area (Å²) >= 11 is 0. The zero-order chi connectivity index (χ0) is 17.4. The molecule has 0 radical (unpaired) electrons. The molecule has 2 N–H and O–H groups in total. The van der Waals surface area contributed by atoms with Crippen LogP contribution in [0.2, 0.25) is 0 Å². The number of guanidine groups is 1. The maximum Gasteiger partial charge on any atom is 0.191 e. The first kappa shape index (κ1) is 21.8. The summed E-state index contributed by atoms with van der Waals surface area (Å²) in [6.07, 6.45) is 1.25. The lowest BCUT2D eigenvalue weighted by Gasteiger charge is -2.15. The van der Waals surface area contributed by atoms with Gasteiger partial charge in [-0.25, -0.2) is 4.99 Å². The number of nitrogens with one attached hydrogen (secondary N) is 2. The normalized spacial score (nSPS) is 17.8. The van der Waals surface area contributed by atoms with Gasteiger partial charge in [0.2, 0.25) is 0 Å². The summed E-state index contributed by atoms with van der Waals surface area (Å²) in [5, 5.41) is 6.77. The molecular weight excluding hydrogens is 431 g/mol. The molecule has 1 fully saturated rings. The smallest absolute Gasteiger partial charge is 0.191 e. The number of nitrogens with zero attached hydrogens (tertiary/aromatic N) is 2. The Labute approximate surface area is 168 Å². The molecule has 0 bridgehead atoms. The van der Waals surface area contributed by atoms with Crippen LogP contribution < -0.4 is 20.1 Å². The summed E-state index contributed by atoms with van der Waals surface area (Å²) in [7, 11) is 5.47. The fourth-order valence-electron chi connectivity index (χ4n) is 2.93. The molecule has 1 aliphatic rings. The number of hydrogen-bond donors (Lipinski definition) is 2. The average Bonchev–Trinajstić information content (AvgIpc) is 3.02. The maximum atomic E-state index is 5.35. The van der Waals surface area contributed by atoms with Crippen molar-refractivity contribution in [1.82, 2.24) is 15.5 Å². The van der Waals surface area contributed by atoms with Crippen molar-refractivity contribution in [2.45, 2.75) is 19.9 Å². The summed E-state index contributed by atoms with van der Waals surface area (Å²) in [5.74, 6) is 3.03. The molecule has 2 rings (SSSR count). The fourth-order valence-corrected chi connectivity index (χ4v) is 2.93. The van der Waals surface area contributed by atoms with E-state index >= 15 is 0 Å². The number of hydrogen-bond acceptors (Lipinski definition) is 4. The Morgan fingerprint density at radius 3 is 2.60 bits per heavy atom. The molecule has 0 spiro atoms. The lowest BCUT2D eigenvalue weighted by molar-refractivity contribution is 0.354. The molecule has 1 aromatic rings. The lowest BCUT2D eigenvalue weighted by atomic mass is 10.1. The lowest BCUT2D eigenvalue weighted by Crippen LogP contribution is -2.40. The van der Waals surface area contributed by atoms with E-state index in [2.05, 4.69) is 34.5 Å². The largest absolute Gasteiger partial charge is 0.493 e. The summed E-state index contributed by atoms with van der Waals surface area (Å²) < 4.78 is 10.6. The van der Waals surface area contributed by atoms with Gasteiger partial charge < -0.3 is 25.0 Å². The number of methoxy groups -OCH3 is 2. The van der Waals surface area contributed by atoms with E-state index < -0.39 is 0 Å². The first-order valence-corrected chi connectivity index (χ1v) is 8.57. The van der Waals surface area contributed by atoms with Crippen molar-refractivity contribution >= 4 is 29.9 Å². The molecule has 25 heavy (non-hydrogen) atoms. The highest BCUT2D eigenvalue weighted by atomic mass is 127. The Hall–Kier alpha value is -1.22. The Morgan fingerprint density at radius 2 is 2.00 bits per heavy atom. The second-order valence-corrected chi connectivity index (χ2v) is 6.18. The van der Waals surface area contributed by atoms with Gasteiger partial charge in [-0.1, -0.05) is 6.07 Å². The molecule has 1 unspecified atom stereocenters. The van der Waals surface area contributed by atoms with E-state index in [9.17, 15) is 0 Å². The van der Waals surface area contributed by atoms with Crippen LogP contribution >= 0.6 is 24.0 Å². The molecule has 0 amide bonds. The molecule has 1 saturated heterocycles. The van der Waals surface area contributed by atoms with Crippen LogP contribution in [0.3, 0.4) is 0 Å². The highest BCUT2D eigenvalue weighted by molar-refractivity contribution is 14.0. The summed E-state index contributed by atoms with van der Waals surface area (Å²) in [5.41, 5.74) is 1.09. The SMILES string of the molecule is CCNC(=NCc1ccc(OC)c(OC)c1)NCC1CCN(C)C1.I.